The van der Waals surface area contributed by atoms with E-state index >= 15 is 0 Å². The van der Waals surface area contributed by atoms with Crippen LogP contribution in [-0.4, -0.2) is 32.6 Å². The van der Waals surface area contributed by atoms with E-state index in [1.807, 2.05) is 12.1 Å². The number of hydrogen-bond acceptors (Lipinski definition) is 5. The third-order valence-electron chi connectivity index (χ3n) is 4.58. The average molecular weight is 358 g/mol. The van der Waals surface area contributed by atoms with Crippen LogP contribution in [0.4, 0.5) is 0 Å². The van der Waals surface area contributed by atoms with Crippen LogP contribution in [0.5, 0.6) is 0 Å². The molecule has 1 aliphatic heterocycles. The lowest BCUT2D eigenvalue weighted by molar-refractivity contribution is -0.0770. The Hall–Kier alpha value is -1.11. The predicted molar refractivity (Wildman–Crippen MR) is 89.2 cm³/mol. The van der Waals surface area contributed by atoms with E-state index in [-0.39, 0.29) is 12.5 Å². The lowest BCUT2D eigenvalue weighted by atomic mass is 9.73. The van der Waals surface area contributed by atoms with Crippen molar-refractivity contribution in [3.05, 3.63) is 34.9 Å². The van der Waals surface area contributed by atoms with Gasteiger partial charge in [0.1, 0.15) is 5.60 Å². The van der Waals surface area contributed by atoms with Crippen molar-refractivity contribution >= 4 is 27.4 Å². The number of nitrogens with zero attached hydrogens (tertiary/aromatic N) is 1. The van der Waals surface area contributed by atoms with Crippen molar-refractivity contribution in [2.45, 2.75) is 37.7 Å². The quantitative estimate of drug-likeness (QED) is 0.775. The van der Waals surface area contributed by atoms with Gasteiger partial charge in [-0.3, -0.25) is 4.18 Å². The zero-order chi connectivity index (χ0) is 16.5. The van der Waals surface area contributed by atoms with E-state index in [1.54, 1.807) is 12.1 Å². The van der Waals surface area contributed by atoms with Crippen LogP contribution >= 0.6 is 11.6 Å². The van der Waals surface area contributed by atoms with Gasteiger partial charge in [-0.25, -0.2) is 0 Å². The molecule has 1 fully saturated rings. The fourth-order valence-corrected chi connectivity index (χ4v) is 3.91. The smallest absolute Gasteiger partial charge is 0.264 e. The Balaban J connectivity index is 1.89. The monoisotopic (exact) mass is 357 g/mol. The minimum Gasteiger partial charge on any atom is -0.388 e. The van der Waals surface area contributed by atoms with Crippen LogP contribution in [0.25, 0.3) is 0 Å². The van der Waals surface area contributed by atoms with Crippen molar-refractivity contribution in [1.29, 1.82) is 0 Å². The third-order valence-corrected chi connectivity index (χ3v) is 5.40. The Labute approximate surface area is 141 Å². The van der Waals surface area contributed by atoms with E-state index < -0.39 is 15.7 Å². The molecule has 0 radical (unpaired) electrons. The fourth-order valence-electron chi connectivity index (χ4n) is 3.40. The first kappa shape index (κ1) is 16.7. The number of rotatable bonds is 4. The lowest BCUT2D eigenvalue weighted by Gasteiger charge is -2.36. The summed E-state index contributed by atoms with van der Waals surface area (Å²) < 4.78 is 28.0. The maximum absolute atomic E-state index is 11.4. The summed E-state index contributed by atoms with van der Waals surface area (Å²) >= 11 is 5.94. The van der Waals surface area contributed by atoms with Gasteiger partial charge in [0.2, 0.25) is 0 Å². The van der Waals surface area contributed by atoms with Crippen LogP contribution in [0.15, 0.2) is 29.4 Å². The largest absolute Gasteiger partial charge is 0.388 e. The highest BCUT2D eigenvalue weighted by Crippen LogP contribution is 2.43. The molecule has 1 aliphatic carbocycles. The van der Waals surface area contributed by atoms with Gasteiger partial charge in [0.05, 0.1) is 24.5 Å². The summed E-state index contributed by atoms with van der Waals surface area (Å²) in [7, 11) is -3.51. The van der Waals surface area contributed by atoms with E-state index in [1.165, 1.54) is 6.42 Å². The van der Waals surface area contributed by atoms with Crippen molar-refractivity contribution in [2.24, 2.45) is 11.1 Å². The Morgan fingerprint density at radius 2 is 1.91 bits per heavy atom. The Morgan fingerprint density at radius 3 is 2.52 bits per heavy atom. The highest BCUT2D eigenvalue weighted by atomic mass is 35.5. The van der Waals surface area contributed by atoms with Gasteiger partial charge in [-0.05, 0) is 43.4 Å². The normalized spacial score (nSPS) is 23.6. The first-order chi connectivity index (χ1) is 10.9. The first-order valence-corrected chi connectivity index (χ1v) is 9.95. The third kappa shape index (κ3) is 3.70. The molecule has 5 nitrogen and oxygen atoms in total. The van der Waals surface area contributed by atoms with Gasteiger partial charge in [0, 0.05) is 5.02 Å². The highest BCUT2D eigenvalue weighted by Gasteiger charge is 2.50. The SMILES string of the molecule is CS(=O)(=O)OCC1C(c2ccc(Cl)cc2)=NOC12CCCCC2. The molecule has 0 N–H and O–H groups in total. The van der Waals surface area contributed by atoms with Crippen LogP contribution in [-0.2, 0) is 19.1 Å². The molecule has 1 atom stereocenters. The van der Waals surface area contributed by atoms with Gasteiger partial charge in [-0.15, -0.1) is 0 Å². The van der Waals surface area contributed by atoms with Crippen molar-refractivity contribution in [2.75, 3.05) is 12.9 Å². The van der Waals surface area contributed by atoms with Crippen LogP contribution in [0, 0.1) is 5.92 Å². The number of hydrogen-bond donors (Lipinski definition) is 0. The maximum Gasteiger partial charge on any atom is 0.264 e. The zero-order valence-electron chi connectivity index (χ0n) is 13.0. The van der Waals surface area contributed by atoms with Crippen molar-refractivity contribution < 1.29 is 17.4 Å². The van der Waals surface area contributed by atoms with E-state index in [0.717, 1.165) is 43.2 Å². The summed E-state index contributed by atoms with van der Waals surface area (Å²) in [6.45, 7) is 0.0558. The van der Waals surface area contributed by atoms with Crippen LogP contribution < -0.4 is 0 Å². The average Bonchev–Trinajstić information content (AvgIpc) is 2.84. The zero-order valence-corrected chi connectivity index (χ0v) is 14.6. The molecule has 1 heterocycles. The molecular weight excluding hydrogens is 338 g/mol. The van der Waals surface area contributed by atoms with Crippen LogP contribution in [0.2, 0.25) is 5.02 Å². The highest BCUT2D eigenvalue weighted by molar-refractivity contribution is 7.85. The van der Waals surface area contributed by atoms with Gasteiger partial charge in [-0.1, -0.05) is 35.3 Å². The molecule has 23 heavy (non-hydrogen) atoms. The maximum atomic E-state index is 11.4. The van der Waals surface area contributed by atoms with Crippen LogP contribution in [0.3, 0.4) is 0 Å². The molecule has 1 unspecified atom stereocenters. The molecule has 126 valence electrons. The van der Waals surface area contributed by atoms with Gasteiger partial charge >= 0.3 is 0 Å². The van der Waals surface area contributed by atoms with Gasteiger partial charge < -0.3 is 4.84 Å². The van der Waals surface area contributed by atoms with E-state index in [2.05, 4.69) is 5.16 Å². The topological polar surface area (TPSA) is 65.0 Å². The molecule has 2 aliphatic rings. The molecule has 0 aromatic heterocycles. The van der Waals surface area contributed by atoms with Gasteiger partial charge in [0.15, 0.2) is 0 Å². The minimum atomic E-state index is -3.51. The summed E-state index contributed by atoms with van der Waals surface area (Å²) in [6, 6.07) is 7.33. The van der Waals surface area contributed by atoms with Gasteiger partial charge in [-0.2, -0.15) is 8.42 Å². The summed E-state index contributed by atoms with van der Waals surface area (Å²) in [5.74, 6) is -0.196. The number of benzene rings is 1. The van der Waals surface area contributed by atoms with Crippen LogP contribution in [0.1, 0.15) is 37.7 Å². The standard InChI is InChI=1S/C16H20ClNO4S/c1-23(19,20)21-11-14-15(12-5-7-13(17)8-6-12)18-22-16(14)9-3-2-4-10-16/h5-8,14H,2-4,9-11H2,1H3. The summed E-state index contributed by atoms with van der Waals surface area (Å²) in [4.78, 5) is 5.84. The summed E-state index contributed by atoms with van der Waals surface area (Å²) in [5, 5.41) is 4.94. The molecule has 0 bridgehead atoms. The van der Waals surface area contributed by atoms with Crippen molar-refractivity contribution in [3.63, 3.8) is 0 Å². The number of halogens is 1. The van der Waals surface area contributed by atoms with Gasteiger partial charge in [0.25, 0.3) is 10.1 Å². The molecule has 3 rings (SSSR count). The Kier molecular flexibility index (Phi) is 4.67. The Bertz CT molecular complexity index is 693. The lowest BCUT2D eigenvalue weighted by Crippen LogP contribution is -2.43. The molecule has 1 saturated carbocycles. The minimum absolute atomic E-state index is 0.0558. The Morgan fingerprint density at radius 1 is 1.26 bits per heavy atom. The van der Waals surface area contributed by atoms with Crippen molar-refractivity contribution in [3.8, 4) is 0 Å². The summed E-state index contributed by atoms with van der Waals surface area (Å²) in [5.41, 5.74) is 1.18. The van der Waals surface area contributed by atoms with E-state index in [0.29, 0.717) is 5.02 Å². The molecular formula is C16H20ClNO4S. The second-order valence-corrected chi connectivity index (χ2v) is 8.32. The van der Waals surface area contributed by atoms with E-state index in [4.69, 9.17) is 20.6 Å². The molecule has 1 spiro atoms. The van der Waals surface area contributed by atoms with E-state index in [9.17, 15) is 8.42 Å². The molecule has 7 heteroatoms. The molecule has 0 amide bonds. The molecule has 1 aromatic carbocycles. The fraction of sp³-hybridized carbons (Fsp3) is 0.562. The second-order valence-electron chi connectivity index (χ2n) is 6.24. The second kappa shape index (κ2) is 6.42. The molecule has 0 saturated heterocycles. The first-order valence-electron chi connectivity index (χ1n) is 7.76. The van der Waals surface area contributed by atoms with Crippen molar-refractivity contribution in [1.82, 2.24) is 0 Å². The predicted octanol–water partition coefficient (Wildman–Crippen LogP) is 3.37. The summed E-state index contributed by atoms with van der Waals surface area (Å²) in [6.07, 6.45) is 6.07. The molecule has 1 aromatic rings. The number of oxime groups is 1.